The van der Waals surface area contributed by atoms with Crippen molar-refractivity contribution in [3.63, 3.8) is 0 Å². The molecule has 0 radical (unpaired) electrons. The molecule has 0 aromatic heterocycles. The van der Waals surface area contributed by atoms with Gasteiger partial charge in [0.15, 0.2) is 6.61 Å². The lowest BCUT2D eigenvalue weighted by Gasteiger charge is -2.09. The first kappa shape index (κ1) is 12.9. The standard InChI is InChI=1S/C14H19NO3/c1-10(16)8-15-14(17)9-18-13-6-5-11-3-2-4-12(11)7-13/h5-7,10,16H,2-4,8-9H2,1H3,(H,15,17)/t10-/m1/s1. The Hall–Kier alpha value is -1.55. The summed E-state index contributed by atoms with van der Waals surface area (Å²) in [6, 6.07) is 6.00. The van der Waals surface area contributed by atoms with Crippen LogP contribution in [0.1, 0.15) is 24.5 Å². The van der Waals surface area contributed by atoms with E-state index in [2.05, 4.69) is 11.4 Å². The number of benzene rings is 1. The van der Waals surface area contributed by atoms with Crippen LogP contribution in [0.4, 0.5) is 0 Å². The van der Waals surface area contributed by atoms with Gasteiger partial charge in [-0.25, -0.2) is 0 Å². The van der Waals surface area contributed by atoms with Gasteiger partial charge in [-0.15, -0.1) is 0 Å². The number of fused-ring (bicyclic) bond motifs is 1. The van der Waals surface area contributed by atoms with E-state index in [0.717, 1.165) is 18.6 Å². The van der Waals surface area contributed by atoms with Gasteiger partial charge in [-0.2, -0.15) is 0 Å². The highest BCUT2D eigenvalue weighted by molar-refractivity contribution is 5.77. The highest BCUT2D eigenvalue weighted by Gasteiger charge is 2.11. The molecule has 0 saturated carbocycles. The molecule has 0 saturated heterocycles. The number of hydrogen-bond acceptors (Lipinski definition) is 3. The molecular formula is C14H19NO3. The lowest BCUT2D eigenvalue weighted by Crippen LogP contribution is -2.34. The first-order valence-electron chi connectivity index (χ1n) is 6.34. The minimum atomic E-state index is -0.533. The molecule has 98 valence electrons. The number of hydrogen-bond donors (Lipinski definition) is 2. The molecule has 4 heteroatoms. The van der Waals surface area contributed by atoms with Gasteiger partial charge in [0, 0.05) is 6.54 Å². The summed E-state index contributed by atoms with van der Waals surface area (Å²) in [5.74, 6) is 0.527. The Morgan fingerprint density at radius 1 is 1.44 bits per heavy atom. The summed E-state index contributed by atoms with van der Waals surface area (Å²) >= 11 is 0. The fraction of sp³-hybridized carbons (Fsp3) is 0.500. The first-order valence-corrected chi connectivity index (χ1v) is 6.34. The quantitative estimate of drug-likeness (QED) is 0.820. The Morgan fingerprint density at radius 2 is 2.22 bits per heavy atom. The first-order chi connectivity index (χ1) is 8.65. The summed E-state index contributed by atoms with van der Waals surface area (Å²) < 4.78 is 5.43. The van der Waals surface area contributed by atoms with Gasteiger partial charge in [-0.05, 0) is 49.4 Å². The molecule has 18 heavy (non-hydrogen) atoms. The van der Waals surface area contributed by atoms with Gasteiger partial charge in [0.05, 0.1) is 6.10 Å². The molecular weight excluding hydrogens is 230 g/mol. The number of aliphatic hydroxyl groups is 1. The maximum atomic E-state index is 11.4. The number of nitrogens with one attached hydrogen (secondary N) is 1. The summed E-state index contributed by atoms with van der Waals surface area (Å²) in [6.45, 7) is 1.87. The normalized spacial score (nSPS) is 15.0. The van der Waals surface area contributed by atoms with Crippen LogP contribution in [0.15, 0.2) is 18.2 Å². The number of ether oxygens (including phenoxy) is 1. The molecule has 1 aliphatic rings. The highest BCUT2D eigenvalue weighted by Crippen LogP contribution is 2.25. The van der Waals surface area contributed by atoms with E-state index >= 15 is 0 Å². The fourth-order valence-electron chi connectivity index (χ4n) is 2.10. The molecule has 0 unspecified atom stereocenters. The van der Waals surface area contributed by atoms with Crippen LogP contribution in [-0.4, -0.2) is 30.3 Å². The zero-order valence-corrected chi connectivity index (χ0v) is 10.6. The molecule has 4 nitrogen and oxygen atoms in total. The molecule has 1 atom stereocenters. The van der Waals surface area contributed by atoms with Gasteiger partial charge in [0.1, 0.15) is 5.75 Å². The van der Waals surface area contributed by atoms with E-state index in [1.807, 2.05) is 12.1 Å². The molecule has 0 fully saturated rings. The minimum absolute atomic E-state index is 0.00843. The molecule has 1 aliphatic carbocycles. The van der Waals surface area contributed by atoms with Gasteiger partial charge < -0.3 is 15.2 Å². The van der Waals surface area contributed by atoms with Crippen LogP contribution in [0.2, 0.25) is 0 Å². The van der Waals surface area contributed by atoms with Crippen molar-refractivity contribution in [2.45, 2.75) is 32.3 Å². The molecule has 1 aromatic carbocycles. The van der Waals surface area contributed by atoms with E-state index in [9.17, 15) is 4.79 Å². The van der Waals surface area contributed by atoms with Gasteiger partial charge in [-0.3, -0.25) is 4.79 Å². The summed E-state index contributed by atoms with van der Waals surface area (Å²) in [6.07, 6.45) is 2.91. The number of aliphatic hydroxyl groups excluding tert-OH is 1. The molecule has 1 aromatic rings. The van der Waals surface area contributed by atoms with Crippen LogP contribution in [0.5, 0.6) is 5.75 Å². The lowest BCUT2D eigenvalue weighted by atomic mass is 10.1. The summed E-state index contributed by atoms with van der Waals surface area (Å²) in [7, 11) is 0. The second-order valence-electron chi connectivity index (χ2n) is 4.73. The number of amides is 1. The van der Waals surface area contributed by atoms with Crippen LogP contribution in [0.3, 0.4) is 0 Å². The van der Waals surface area contributed by atoms with E-state index in [1.54, 1.807) is 6.92 Å². The monoisotopic (exact) mass is 249 g/mol. The van der Waals surface area contributed by atoms with E-state index in [4.69, 9.17) is 9.84 Å². The predicted molar refractivity (Wildman–Crippen MR) is 68.7 cm³/mol. The van der Waals surface area contributed by atoms with Crippen LogP contribution in [0.25, 0.3) is 0 Å². The highest BCUT2D eigenvalue weighted by atomic mass is 16.5. The van der Waals surface area contributed by atoms with Gasteiger partial charge in [0.2, 0.25) is 0 Å². The topological polar surface area (TPSA) is 58.6 Å². The van der Waals surface area contributed by atoms with Gasteiger partial charge >= 0.3 is 0 Å². The lowest BCUT2D eigenvalue weighted by molar-refractivity contribution is -0.123. The van der Waals surface area contributed by atoms with Crippen LogP contribution in [-0.2, 0) is 17.6 Å². The Morgan fingerprint density at radius 3 is 3.00 bits per heavy atom. The molecule has 0 bridgehead atoms. The Balaban J connectivity index is 1.81. The zero-order valence-electron chi connectivity index (χ0n) is 10.6. The Kier molecular flexibility index (Phi) is 4.20. The minimum Gasteiger partial charge on any atom is -0.484 e. The van der Waals surface area contributed by atoms with Crippen molar-refractivity contribution in [1.82, 2.24) is 5.32 Å². The maximum absolute atomic E-state index is 11.4. The van der Waals surface area contributed by atoms with Crippen molar-refractivity contribution >= 4 is 5.91 Å². The van der Waals surface area contributed by atoms with E-state index in [-0.39, 0.29) is 19.1 Å². The van der Waals surface area contributed by atoms with Crippen molar-refractivity contribution < 1.29 is 14.6 Å². The van der Waals surface area contributed by atoms with Crippen molar-refractivity contribution in [1.29, 1.82) is 0 Å². The predicted octanol–water partition coefficient (Wildman–Crippen LogP) is 1.05. The molecule has 0 heterocycles. The summed E-state index contributed by atoms with van der Waals surface area (Å²) in [5.41, 5.74) is 2.72. The second-order valence-corrected chi connectivity index (χ2v) is 4.73. The van der Waals surface area contributed by atoms with E-state index in [1.165, 1.54) is 17.5 Å². The van der Waals surface area contributed by atoms with E-state index in [0.29, 0.717) is 0 Å². The number of rotatable bonds is 5. The fourth-order valence-corrected chi connectivity index (χ4v) is 2.10. The third-order valence-corrected chi connectivity index (χ3v) is 3.03. The van der Waals surface area contributed by atoms with Crippen molar-refractivity contribution in [2.75, 3.05) is 13.2 Å². The van der Waals surface area contributed by atoms with Crippen LogP contribution in [0, 0.1) is 0 Å². The molecule has 1 amide bonds. The van der Waals surface area contributed by atoms with Crippen molar-refractivity contribution in [3.8, 4) is 5.75 Å². The Bertz CT molecular complexity index is 429. The number of aryl methyl sites for hydroxylation is 2. The summed E-state index contributed by atoms with van der Waals surface area (Å²) in [5, 5.41) is 11.6. The summed E-state index contributed by atoms with van der Waals surface area (Å²) in [4.78, 5) is 11.4. The third-order valence-electron chi connectivity index (χ3n) is 3.03. The smallest absolute Gasteiger partial charge is 0.258 e. The van der Waals surface area contributed by atoms with Crippen molar-refractivity contribution in [3.05, 3.63) is 29.3 Å². The van der Waals surface area contributed by atoms with Crippen molar-refractivity contribution in [2.24, 2.45) is 0 Å². The molecule has 2 rings (SSSR count). The number of carbonyl (C=O) groups is 1. The Labute approximate surface area is 107 Å². The molecule has 0 spiro atoms. The SMILES string of the molecule is C[C@@H](O)CNC(=O)COc1ccc2c(c1)CCC2. The zero-order chi connectivity index (χ0) is 13.0. The second kappa shape index (κ2) is 5.87. The van der Waals surface area contributed by atoms with Gasteiger partial charge in [0.25, 0.3) is 5.91 Å². The molecule has 0 aliphatic heterocycles. The maximum Gasteiger partial charge on any atom is 0.258 e. The average Bonchev–Trinajstić information content (AvgIpc) is 2.81. The van der Waals surface area contributed by atoms with Crippen LogP contribution >= 0.6 is 0 Å². The van der Waals surface area contributed by atoms with E-state index < -0.39 is 6.10 Å². The number of carbonyl (C=O) groups excluding carboxylic acids is 1. The average molecular weight is 249 g/mol. The molecule has 2 N–H and O–H groups in total. The largest absolute Gasteiger partial charge is 0.484 e. The van der Waals surface area contributed by atoms with Gasteiger partial charge in [-0.1, -0.05) is 6.07 Å². The van der Waals surface area contributed by atoms with Crippen LogP contribution < -0.4 is 10.1 Å². The third kappa shape index (κ3) is 3.47.